The van der Waals surface area contributed by atoms with Crippen LogP contribution in [0.15, 0.2) is 59.6 Å². The molecule has 6 nitrogen and oxygen atoms in total. The molecule has 6 heteroatoms. The van der Waals surface area contributed by atoms with Crippen molar-refractivity contribution in [1.29, 1.82) is 0 Å². The van der Waals surface area contributed by atoms with Crippen molar-refractivity contribution in [2.24, 2.45) is 4.99 Å². The number of hydrogen-bond acceptors (Lipinski definition) is 5. The Balaban J connectivity index is 1.28. The van der Waals surface area contributed by atoms with E-state index < -0.39 is 6.04 Å². The molecule has 4 rings (SSSR count). The van der Waals surface area contributed by atoms with Gasteiger partial charge in [-0.1, -0.05) is 60.2 Å². The molecule has 2 aliphatic rings. The number of rotatable bonds is 5. The van der Waals surface area contributed by atoms with Crippen LogP contribution < -0.4 is 5.32 Å². The maximum atomic E-state index is 12.5. The zero-order chi connectivity index (χ0) is 20.2. The first kappa shape index (κ1) is 19.3. The fourth-order valence-electron chi connectivity index (χ4n) is 3.73. The first-order chi connectivity index (χ1) is 14.1. The lowest BCUT2D eigenvalue weighted by atomic mass is 10.0. The van der Waals surface area contributed by atoms with Gasteiger partial charge in [-0.3, -0.25) is 14.5 Å². The molecule has 29 heavy (non-hydrogen) atoms. The van der Waals surface area contributed by atoms with Gasteiger partial charge in [0, 0.05) is 44.7 Å². The summed E-state index contributed by atoms with van der Waals surface area (Å²) in [5, 5.41) is 3.17. The maximum absolute atomic E-state index is 12.5. The summed E-state index contributed by atoms with van der Waals surface area (Å²) in [7, 11) is 0. The molecule has 2 aromatic carbocycles. The van der Waals surface area contributed by atoms with Crippen molar-refractivity contribution in [3.05, 3.63) is 71.3 Å². The van der Waals surface area contributed by atoms with E-state index in [2.05, 4.69) is 44.4 Å². The topological polar surface area (TPSA) is 65.0 Å². The van der Waals surface area contributed by atoms with Gasteiger partial charge in [0.05, 0.1) is 0 Å². The van der Waals surface area contributed by atoms with Crippen molar-refractivity contribution in [2.45, 2.75) is 25.9 Å². The Bertz CT molecular complexity index is 900. The molecule has 1 unspecified atom stereocenters. The Morgan fingerprint density at radius 1 is 1.03 bits per heavy atom. The van der Waals surface area contributed by atoms with Crippen molar-refractivity contribution in [2.75, 3.05) is 26.2 Å². The SMILES string of the molecule is Cc1ccc(C(=O)CC2NC(N3CCN(Cc4ccccc4)CC3)=NC2=O)cc1. The van der Waals surface area contributed by atoms with Gasteiger partial charge in [0.1, 0.15) is 6.04 Å². The second-order valence-electron chi connectivity index (χ2n) is 7.71. The molecule has 2 aromatic rings. The number of guanidine groups is 1. The number of piperazine rings is 1. The number of ketones is 1. The summed E-state index contributed by atoms with van der Waals surface area (Å²) in [4.78, 5) is 33.5. The summed E-state index contributed by atoms with van der Waals surface area (Å²) in [6.07, 6.45) is 0.128. The van der Waals surface area contributed by atoms with E-state index >= 15 is 0 Å². The third-order valence-electron chi connectivity index (χ3n) is 5.50. The van der Waals surface area contributed by atoms with Crippen LogP contribution in [0.1, 0.15) is 27.9 Å². The number of aryl methyl sites for hydroxylation is 1. The lowest BCUT2D eigenvalue weighted by molar-refractivity contribution is -0.118. The van der Waals surface area contributed by atoms with Crippen molar-refractivity contribution in [3.8, 4) is 0 Å². The summed E-state index contributed by atoms with van der Waals surface area (Å²) >= 11 is 0. The van der Waals surface area contributed by atoms with Crippen LogP contribution in [-0.2, 0) is 11.3 Å². The summed E-state index contributed by atoms with van der Waals surface area (Å²) in [5.74, 6) is 0.309. The number of amides is 1. The number of aliphatic imine (C=N–C) groups is 1. The van der Waals surface area contributed by atoms with Crippen molar-refractivity contribution in [1.82, 2.24) is 15.1 Å². The van der Waals surface area contributed by atoms with Crippen LogP contribution in [0.25, 0.3) is 0 Å². The average Bonchev–Trinajstić information content (AvgIpc) is 3.10. The minimum atomic E-state index is -0.568. The van der Waals surface area contributed by atoms with Gasteiger partial charge in [0.25, 0.3) is 5.91 Å². The number of nitrogens with zero attached hydrogens (tertiary/aromatic N) is 3. The predicted molar refractivity (Wildman–Crippen MR) is 113 cm³/mol. The average molecular weight is 390 g/mol. The van der Waals surface area contributed by atoms with Gasteiger partial charge in [-0.15, -0.1) is 0 Å². The number of carbonyl (C=O) groups is 2. The van der Waals surface area contributed by atoms with Gasteiger partial charge in [0.15, 0.2) is 5.78 Å². The second kappa shape index (κ2) is 8.57. The molecule has 2 heterocycles. The van der Waals surface area contributed by atoms with Crippen LogP contribution in [0.3, 0.4) is 0 Å². The predicted octanol–water partition coefficient (Wildman–Crippen LogP) is 2.24. The maximum Gasteiger partial charge on any atom is 0.271 e. The van der Waals surface area contributed by atoms with E-state index in [1.807, 2.05) is 37.3 Å². The number of Topliss-reactive ketones (excluding diaryl/α,β-unsaturated/α-hetero) is 1. The quantitative estimate of drug-likeness (QED) is 0.794. The Hall–Kier alpha value is -2.99. The van der Waals surface area contributed by atoms with Crippen molar-refractivity contribution < 1.29 is 9.59 Å². The highest BCUT2D eigenvalue weighted by atomic mass is 16.2. The van der Waals surface area contributed by atoms with Gasteiger partial charge in [-0.05, 0) is 12.5 Å². The molecule has 0 aromatic heterocycles. The molecule has 1 amide bonds. The summed E-state index contributed by atoms with van der Waals surface area (Å²) < 4.78 is 0. The fourth-order valence-corrected chi connectivity index (χ4v) is 3.73. The van der Waals surface area contributed by atoms with Gasteiger partial charge in [0.2, 0.25) is 5.96 Å². The zero-order valence-corrected chi connectivity index (χ0v) is 16.7. The lowest BCUT2D eigenvalue weighted by Gasteiger charge is -2.35. The summed E-state index contributed by atoms with van der Waals surface area (Å²) in [5.41, 5.74) is 3.05. The van der Waals surface area contributed by atoms with Crippen LogP contribution in [0.4, 0.5) is 0 Å². The van der Waals surface area contributed by atoms with Gasteiger partial charge in [-0.25, -0.2) is 0 Å². The molecule has 150 valence electrons. The molecule has 0 bridgehead atoms. The highest BCUT2D eigenvalue weighted by Gasteiger charge is 2.32. The highest BCUT2D eigenvalue weighted by Crippen LogP contribution is 2.14. The van der Waals surface area contributed by atoms with E-state index in [0.29, 0.717) is 11.5 Å². The number of benzene rings is 2. The summed E-state index contributed by atoms with van der Waals surface area (Å²) in [6.45, 7) is 6.36. The molecule has 0 aliphatic carbocycles. The van der Waals surface area contributed by atoms with Crippen LogP contribution >= 0.6 is 0 Å². The van der Waals surface area contributed by atoms with Crippen LogP contribution in [0, 0.1) is 6.92 Å². The van der Waals surface area contributed by atoms with Gasteiger partial charge < -0.3 is 10.2 Å². The van der Waals surface area contributed by atoms with Crippen LogP contribution in [-0.4, -0.2) is 59.7 Å². The first-order valence-electron chi connectivity index (χ1n) is 10.1. The smallest absolute Gasteiger partial charge is 0.271 e. The van der Waals surface area contributed by atoms with E-state index in [-0.39, 0.29) is 18.1 Å². The van der Waals surface area contributed by atoms with E-state index in [4.69, 9.17) is 0 Å². The van der Waals surface area contributed by atoms with Gasteiger partial charge >= 0.3 is 0 Å². The Labute approximate surface area is 171 Å². The van der Waals surface area contributed by atoms with E-state index in [1.165, 1.54) is 5.56 Å². The van der Waals surface area contributed by atoms with E-state index in [1.54, 1.807) is 0 Å². The zero-order valence-electron chi connectivity index (χ0n) is 16.7. The minimum absolute atomic E-state index is 0.0417. The van der Waals surface area contributed by atoms with Crippen molar-refractivity contribution in [3.63, 3.8) is 0 Å². The normalized spacial score (nSPS) is 19.8. The molecule has 1 fully saturated rings. The van der Waals surface area contributed by atoms with E-state index in [9.17, 15) is 9.59 Å². The fraction of sp³-hybridized carbons (Fsp3) is 0.348. The van der Waals surface area contributed by atoms with Crippen molar-refractivity contribution >= 4 is 17.6 Å². The Morgan fingerprint density at radius 2 is 1.72 bits per heavy atom. The van der Waals surface area contributed by atoms with Gasteiger partial charge in [-0.2, -0.15) is 4.99 Å². The van der Waals surface area contributed by atoms with Crippen LogP contribution in [0.5, 0.6) is 0 Å². The molecule has 0 spiro atoms. The molecular formula is C23H26N4O2. The number of carbonyl (C=O) groups excluding carboxylic acids is 2. The van der Waals surface area contributed by atoms with E-state index in [0.717, 1.165) is 38.3 Å². The first-order valence-corrected chi connectivity index (χ1v) is 10.1. The number of hydrogen-bond donors (Lipinski definition) is 1. The molecule has 0 saturated carbocycles. The van der Waals surface area contributed by atoms with Crippen LogP contribution in [0.2, 0.25) is 0 Å². The minimum Gasteiger partial charge on any atom is -0.343 e. The highest BCUT2D eigenvalue weighted by molar-refractivity contribution is 6.07. The molecule has 1 N–H and O–H groups in total. The molecule has 1 saturated heterocycles. The summed E-state index contributed by atoms with van der Waals surface area (Å²) in [6, 6.07) is 17.3. The molecule has 0 radical (unpaired) electrons. The monoisotopic (exact) mass is 390 g/mol. The largest absolute Gasteiger partial charge is 0.343 e. The lowest BCUT2D eigenvalue weighted by Crippen LogP contribution is -2.52. The third-order valence-corrected chi connectivity index (χ3v) is 5.50. The number of nitrogens with one attached hydrogen (secondary N) is 1. The Kier molecular flexibility index (Phi) is 5.71. The Morgan fingerprint density at radius 3 is 2.41 bits per heavy atom. The molecular weight excluding hydrogens is 364 g/mol. The third kappa shape index (κ3) is 4.71. The molecule has 1 atom stereocenters. The standard InChI is InChI=1S/C23H26N4O2/c1-17-7-9-19(10-8-17)21(28)15-20-22(29)25-23(24-20)27-13-11-26(12-14-27)16-18-5-3-2-4-6-18/h2-10,20H,11-16H2,1H3,(H,24,25,29). The molecule has 2 aliphatic heterocycles. The second-order valence-corrected chi connectivity index (χ2v) is 7.71.